The van der Waals surface area contributed by atoms with E-state index in [9.17, 15) is 4.79 Å². The number of benzene rings is 2. The van der Waals surface area contributed by atoms with Crippen molar-refractivity contribution in [2.45, 2.75) is 18.9 Å². The van der Waals surface area contributed by atoms with Crippen LogP contribution in [0.2, 0.25) is 10.0 Å². The Bertz CT molecular complexity index is 930. The van der Waals surface area contributed by atoms with Crippen molar-refractivity contribution in [1.82, 2.24) is 15.5 Å². The van der Waals surface area contributed by atoms with Gasteiger partial charge in [-0.05, 0) is 49.2 Å². The molecule has 6 heteroatoms. The highest BCUT2D eigenvalue weighted by Crippen LogP contribution is 2.31. The second-order valence-corrected chi connectivity index (χ2v) is 6.96. The molecule has 4 rings (SSSR count). The third-order valence-electron chi connectivity index (χ3n) is 4.15. The summed E-state index contributed by atoms with van der Waals surface area (Å²) in [6.07, 6.45) is 2.15. The Labute approximate surface area is 155 Å². The van der Waals surface area contributed by atoms with Crippen LogP contribution in [0.15, 0.2) is 48.5 Å². The summed E-state index contributed by atoms with van der Waals surface area (Å²) >= 11 is 12.2. The number of aromatic amines is 1. The van der Waals surface area contributed by atoms with Gasteiger partial charge in [0.05, 0.1) is 16.4 Å². The molecule has 0 radical (unpaired) electrons. The van der Waals surface area contributed by atoms with E-state index in [1.165, 1.54) is 0 Å². The topological polar surface area (TPSA) is 57.8 Å². The minimum absolute atomic E-state index is 0.0234. The lowest BCUT2D eigenvalue weighted by Crippen LogP contribution is -2.25. The van der Waals surface area contributed by atoms with Gasteiger partial charge in [0, 0.05) is 27.8 Å². The van der Waals surface area contributed by atoms with Gasteiger partial charge in [0.15, 0.2) is 0 Å². The van der Waals surface area contributed by atoms with E-state index >= 15 is 0 Å². The van der Waals surface area contributed by atoms with Crippen molar-refractivity contribution in [3.63, 3.8) is 0 Å². The molecule has 0 saturated heterocycles. The van der Waals surface area contributed by atoms with E-state index in [1.807, 2.05) is 36.4 Å². The first kappa shape index (κ1) is 16.2. The molecule has 2 aromatic carbocycles. The first-order chi connectivity index (χ1) is 12.1. The van der Waals surface area contributed by atoms with Gasteiger partial charge >= 0.3 is 0 Å². The molecule has 0 atom stereocenters. The molecule has 1 aliphatic rings. The standard InChI is InChI=1S/C19H15Cl2N3O/c20-13-5-8-15(16(21)9-13)18-10-17(23-24-18)11-1-3-12(4-2-11)19(25)22-14-6-7-14/h1-5,8-10,14H,6-7H2,(H,22,25)(H,23,24). The van der Waals surface area contributed by atoms with Gasteiger partial charge in [-0.15, -0.1) is 0 Å². The first-order valence-electron chi connectivity index (χ1n) is 8.02. The molecule has 1 aromatic heterocycles. The number of nitrogens with zero attached hydrogens (tertiary/aromatic N) is 1. The number of hydrogen-bond acceptors (Lipinski definition) is 2. The lowest BCUT2D eigenvalue weighted by Gasteiger charge is -2.04. The van der Waals surface area contributed by atoms with Crippen molar-refractivity contribution in [3.05, 3.63) is 64.1 Å². The fraction of sp³-hybridized carbons (Fsp3) is 0.158. The molecule has 0 unspecified atom stereocenters. The van der Waals surface area contributed by atoms with Gasteiger partial charge in [0.2, 0.25) is 0 Å². The Morgan fingerprint density at radius 1 is 1.08 bits per heavy atom. The summed E-state index contributed by atoms with van der Waals surface area (Å²) in [5.41, 5.74) is 4.02. The minimum Gasteiger partial charge on any atom is -0.349 e. The van der Waals surface area contributed by atoms with Gasteiger partial charge in [-0.3, -0.25) is 9.89 Å². The van der Waals surface area contributed by atoms with E-state index < -0.39 is 0 Å². The third kappa shape index (κ3) is 3.55. The van der Waals surface area contributed by atoms with Gasteiger partial charge in [-0.25, -0.2) is 0 Å². The van der Waals surface area contributed by atoms with Crippen LogP contribution in [0.5, 0.6) is 0 Å². The highest BCUT2D eigenvalue weighted by atomic mass is 35.5. The van der Waals surface area contributed by atoms with Crippen molar-refractivity contribution >= 4 is 29.1 Å². The summed E-state index contributed by atoms with van der Waals surface area (Å²) in [6.45, 7) is 0. The smallest absolute Gasteiger partial charge is 0.251 e. The number of rotatable bonds is 4. The Balaban J connectivity index is 1.56. The van der Waals surface area contributed by atoms with Crippen LogP contribution >= 0.6 is 23.2 Å². The van der Waals surface area contributed by atoms with Crippen LogP contribution < -0.4 is 5.32 Å². The number of halogens is 2. The second kappa shape index (κ2) is 6.54. The predicted octanol–water partition coefficient (Wildman–Crippen LogP) is 4.94. The molecule has 1 aliphatic carbocycles. The molecule has 1 saturated carbocycles. The van der Waals surface area contributed by atoms with Crippen LogP contribution in [0.4, 0.5) is 0 Å². The average Bonchev–Trinajstić information content (AvgIpc) is 3.28. The molecule has 2 N–H and O–H groups in total. The first-order valence-corrected chi connectivity index (χ1v) is 8.78. The highest BCUT2D eigenvalue weighted by Gasteiger charge is 2.23. The fourth-order valence-electron chi connectivity index (χ4n) is 2.60. The Morgan fingerprint density at radius 3 is 2.52 bits per heavy atom. The van der Waals surface area contributed by atoms with Crippen molar-refractivity contribution in [1.29, 1.82) is 0 Å². The number of H-pyrrole nitrogens is 1. The van der Waals surface area contributed by atoms with Crippen molar-refractivity contribution in [2.75, 3.05) is 0 Å². The molecule has 0 spiro atoms. The molecule has 4 nitrogen and oxygen atoms in total. The third-order valence-corrected chi connectivity index (χ3v) is 4.70. The molecule has 1 amide bonds. The van der Waals surface area contributed by atoms with E-state index in [0.29, 0.717) is 21.7 Å². The summed E-state index contributed by atoms with van der Waals surface area (Å²) in [5.74, 6) is -0.0234. The molecule has 25 heavy (non-hydrogen) atoms. The largest absolute Gasteiger partial charge is 0.349 e. The zero-order valence-corrected chi connectivity index (χ0v) is 14.7. The van der Waals surface area contributed by atoms with Crippen molar-refractivity contribution in [3.8, 4) is 22.5 Å². The minimum atomic E-state index is -0.0234. The summed E-state index contributed by atoms with van der Waals surface area (Å²) in [7, 11) is 0. The number of aromatic nitrogens is 2. The quantitative estimate of drug-likeness (QED) is 0.681. The van der Waals surface area contributed by atoms with E-state index in [4.69, 9.17) is 23.2 Å². The van der Waals surface area contributed by atoms with Crippen LogP contribution in [0.3, 0.4) is 0 Å². The molecular formula is C19H15Cl2N3O. The number of amides is 1. The van der Waals surface area contributed by atoms with E-state index in [-0.39, 0.29) is 5.91 Å². The fourth-order valence-corrected chi connectivity index (χ4v) is 3.11. The zero-order valence-electron chi connectivity index (χ0n) is 13.2. The van der Waals surface area contributed by atoms with Gasteiger partial charge in [0.1, 0.15) is 0 Å². The van der Waals surface area contributed by atoms with Crippen LogP contribution in [-0.2, 0) is 0 Å². The number of carbonyl (C=O) groups is 1. The summed E-state index contributed by atoms with van der Waals surface area (Å²) in [6, 6.07) is 15.0. The molecule has 0 bridgehead atoms. The molecule has 126 valence electrons. The van der Waals surface area contributed by atoms with E-state index in [0.717, 1.165) is 35.4 Å². The molecule has 3 aromatic rings. The molecule has 1 heterocycles. The maximum absolute atomic E-state index is 12.0. The maximum Gasteiger partial charge on any atom is 0.251 e. The van der Waals surface area contributed by atoms with Crippen molar-refractivity contribution in [2.24, 2.45) is 0 Å². The lowest BCUT2D eigenvalue weighted by atomic mass is 10.1. The Morgan fingerprint density at radius 2 is 1.84 bits per heavy atom. The summed E-state index contributed by atoms with van der Waals surface area (Å²) in [4.78, 5) is 12.0. The monoisotopic (exact) mass is 371 g/mol. The van der Waals surface area contributed by atoms with Gasteiger partial charge in [-0.2, -0.15) is 5.10 Å². The van der Waals surface area contributed by atoms with Gasteiger partial charge in [0.25, 0.3) is 5.91 Å². The zero-order chi connectivity index (χ0) is 17.4. The lowest BCUT2D eigenvalue weighted by molar-refractivity contribution is 0.0951. The second-order valence-electron chi connectivity index (χ2n) is 6.12. The number of nitrogens with one attached hydrogen (secondary N) is 2. The predicted molar refractivity (Wildman–Crippen MR) is 100.0 cm³/mol. The summed E-state index contributed by atoms with van der Waals surface area (Å²) < 4.78 is 0. The Kier molecular flexibility index (Phi) is 4.24. The van der Waals surface area contributed by atoms with Crippen LogP contribution in [0.1, 0.15) is 23.2 Å². The average molecular weight is 372 g/mol. The van der Waals surface area contributed by atoms with Crippen LogP contribution in [0.25, 0.3) is 22.5 Å². The van der Waals surface area contributed by atoms with E-state index in [2.05, 4.69) is 15.5 Å². The van der Waals surface area contributed by atoms with Crippen molar-refractivity contribution < 1.29 is 4.79 Å². The SMILES string of the molecule is O=C(NC1CC1)c1ccc(-c2cc(-c3ccc(Cl)cc3Cl)[nH]n2)cc1. The number of carbonyl (C=O) groups excluding carboxylic acids is 1. The van der Waals surface area contributed by atoms with E-state index in [1.54, 1.807) is 12.1 Å². The summed E-state index contributed by atoms with van der Waals surface area (Å²) in [5, 5.41) is 11.5. The van der Waals surface area contributed by atoms with Crippen LogP contribution in [-0.4, -0.2) is 22.1 Å². The molecular weight excluding hydrogens is 357 g/mol. The number of hydrogen-bond donors (Lipinski definition) is 2. The van der Waals surface area contributed by atoms with Crippen LogP contribution in [0, 0.1) is 0 Å². The maximum atomic E-state index is 12.0. The van der Waals surface area contributed by atoms with Gasteiger partial charge < -0.3 is 5.32 Å². The molecule has 0 aliphatic heterocycles. The Hall–Kier alpha value is -2.30. The highest BCUT2D eigenvalue weighted by molar-refractivity contribution is 6.36. The normalized spacial score (nSPS) is 13.7. The molecule has 1 fully saturated rings. The van der Waals surface area contributed by atoms with Gasteiger partial charge in [-0.1, -0.05) is 35.3 Å².